The summed E-state index contributed by atoms with van der Waals surface area (Å²) in [5, 5.41) is 22.3. The van der Waals surface area contributed by atoms with Gasteiger partial charge in [0.15, 0.2) is 5.82 Å². The van der Waals surface area contributed by atoms with E-state index >= 15 is 0 Å². The summed E-state index contributed by atoms with van der Waals surface area (Å²) in [6.07, 6.45) is 1.53. The van der Waals surface area contributed by atoms with E-state index in [1.165, 1.54) is 18.2 Å². The van der Waals surface area contributed by atoms with E-state index in [4.69, 9.17) is 11.6 Å². The number of carbonyl (C=O) groups is 1. The lowest BCUT2D eigenvalue weighted by molar-refractivity contribution is -0.383. The minimum Gasteiger partial charge on any atom is -0.354 e. The molecule has 2 heterocycles. The molecular weight excluding hydrogens is 358 g/mol. The van der Waals surface area contributed by atoms with E-state index in [2.05, 4.69) is 15.5 Å². The van der Waals surface area contributed by atoms with E-state index in [1.807, 2.05) is 24.0 Å². The summed E-state index contributed by atoms with van der Waals surface area (Å²) in [7, 11) is 0. The molecule has 1 fully saturated rings. The maximum Gasteiger partial charge on any atom is 0.292 e. The van der Waals surface area contributed by atoms with Crippen molar-refractivity contribution in [3.63, 3.8) is 0 Å². The van der Waals surface area contributed by atoms with Gasteiger partial charge in [-0.2, -0.15) is 5.10 Å². The van der Waals surface area contributed by atoms with E-state index in [1.54, 1.807) is 0 Å². The number of amides is 1. The molecule has 0 saturated carbocycles. The smallest absolute Gasteiger partial charge is 0.292 e. The van der Waals surface area contributed by atoms with E-state index in [0.29, 0.717) is 18.0 Å². The van der Waals surface area contributed by atoms with Crippen molar-refractivity contribution in [2.24, 2.45) is 5.92 Å². The third-order valence-corrected chi connectivity index (χ3v) is 4.55. The molecule has 1 unspecified atom stereocenters. The number of carbonyl (C=O) groups excluding carboxylic acids is 1. The Balaban J connectivity index is 1.73. The van der Waals surface area contributed by atoms with Crippen molar-refractivity contribution in [2.75, 3.05) is 23.3 Å². The predicted molar refractivity (Wildman–Crippen MR) is 98.4 cm³/mol. The van der Waals surface area contributed by atoms with Gasteiger partial charge in [0.25, 0.3) is 5.69 Å². The minimum absolute atomic E-state index is 0.111. The molecule has 136 valence electrons. The number of nitro groups is 1. The Morgan fingerprint density at radius 2 is 2.15 bits per heavy atom. The zero-order valence-corrected chi connectivity index (χ0v) is 14.9. The third-order valence-electron chi connectivity index (χ3n) is 4.31. The Hall–Kier alpha value is -2.74. The van der Waals surface area contributed by atoms with Gasteiger partial charge < -0.3 is 10.2 Å². The molecule has 0 bridgehead atoms. The summed E-state index contributed by atoms with van der Waals surface area (Å²) in [5.74, 6) is 0.160. The fraction of sp³-hybridized carbons (Fsp3) is 0.353. The maximum absolute atomic E-state index is 12.6. The molecule has 8 nitrogen and oxygen atoms in total. The van der Waals surface area contributed by atoms with Gasteiger partial charge in [0.1, 0.15) is 5.69 Å². The van der Waals surface area contributed by atoms with Crippen LogP contribution in [0.3, 0.4) is 0 Å². The van der Waals surface area contributed by atoms with E-state index in [9.17, 15) is 14.9 Å². The van der Waals surface area contributed by atoms with Gasteiger partial charge in [-0.1, -0.05) is 11.6 Å². The first-order valence-corrected chi connectivity index (χ1v) is 8.62. The van der Waals surface area contributed by atoms with Crippen LogP contribution in [0.5, 0.6) is 0 Å². The molecule has 1 saturated heterocycles. The number of hydrogen-bond donors (Lipinski definition) is 1. The first-order chi connectivity index (χ1) is 12.4. The number of nitrogens with zero attached hydrogens (tertiary/aromatic N) is 4. The molecule has 26 heavy (non-hydrogen) atoms. The number of anilines is 2. The molecule has 1 aliphatic rings. The number of nitrogens with one attached hydrogen (secondary N) is 1. The topological polar surface area (TPSA) is 101 Å². The zero-order valence-electron chi connectivity index (χ0n) is 14.2. The lowest BCUT2D eigenvalue weighted by Gasteiger charge is -2.32. The van der Waals surface area contributed by atoms with Gasteiger partial charge >= 0.3 is 0 Å². The second-order valence-corrected chi connectivity index (χ2v) is 6.66. The van der Waals surface area contributed by atoms with Gasteiger partial charge in [-0.05, 0) is 44.0 Å². The molecule has 9 heteroatoms. The predicted octanol–water partition coefficient (Wildman–Crippen LogP) is 3.20. The average Bonchev–Trinajstić information content (AvgIpc) is 2.62. The zero-order chi connectivity index (χ0) is 18.7. The van der Waals surface area contributed by atoms with E-state index in [0.717, 1.165) is 24.5 Å². The summed E-state index contributed by atoms with van der Waals surface area (Å²) >= 11 is 5.91. The Kier molecular flexibility index (Phi) is 5.32. The normalized spacial score (nSPS) is 17.0. The Bertz CT molecular complexity index is 828. The minimum atomic E-state index is -0.541. The Labute approximate surface area is 155 Å². The number of aromatic nitrogens is 2. The standard InChI is InChI=1S/C17H18ClN5O3/c1-11-4-7-16(21-20-11)22-8-2-3-12(10-22)17(24)19-14-9-13(18)5-6-15(14)23(25)26/h4-7,9,12H,2-3,8,10H2,1H3,(H,19,24). The van der Waals surface area contributed by atoms with E-state index < -0.39 is 4.92 Å². The molecule has 3 rings (SSSR count). The van der Waals surface area contributed by atoms with Crippen LogP contribution in [-0.4, -0.2) is 34.1 Å². The van der Waals surface area contributed by atoms with Gasteiger partial charge in [-0.25, -0.2) is 0 Å². The molecule has 1 N–H and O–H groups in total. The number of hydrogen-bond acceptors (Lipinski definition) is 6. The first-order valence-electron chi connectivity index (χ1n) is 8.24. The average molecular weight is 376 g/mol. The van der Waals surface area contributed by atoms with E-state index in [-0.39, 0.29) is 23.2 Å². The van der Waals surface area contributed by atoms with Crippen LogP contribution in [0.15, 0.2) is 30.3 Å². The third kappa shape index (κ3) is 4.08. The summed E-state index contributed by atoms with van der Waals surface area (Å²) in [4.78, 5) is 25.3. The summed E-state index contributed by atoms with van der Waals surface area (Å²) < 4.78 is 0. The van der Waals surface area contributed by atoms with Gasteiger partial charge in [-0.15, -0.1) is 5.10 Å². The largest absolute Gasteiger partial charge is 0.354 e. The van der Waals surface area contributed by atoms with Crippen LogP contribution in [0.1, 0.15) is 18.5 Å². The first kappa shape index (κ1) is 18.1. The number of halogens is 1. The van der Waals surface area contributed by atoms with Crippen molar-refractivity contribution >= 4 is 34.7 Å². The molecule has 1 aromatic carbocycles. The van der Waals surface area contributed by atoms with Crippen LogP contribution in [0.25, 0.3) is 0 Å². The molecule has 1 aliphatic heterocycles. The number of piperidine rings is 1. The lowest BCUT2D eigenvalue weighted by Crippen LogP contribution is -2.41. The second kappa shape index (κ2) is 7.65. The van der Waals surface area contributed by atoms with Crippen molar-refractivity contribution in [1.82, 2.24) is 10.2 Å². The van der Waals surface area contributed by atoms with Crippen molar-refractivity contribution < 1.29 is 9.72 Å². The molecule has 1 amide bonds. The van der Waals surface area contributed by atoms with Crippen LogP contribution >= 0.6 is 11.6 Å². The molecule has 2 aromatic rings. The van der Waals surface area contributed by atoms with Crippen molar-refractivity contribution in [3.8, 4) is 0 Å². The summed E-state index contributed by atoms with van der Waals surface area (Å²) in [6, 6.07) is 7.86. The molecule has 1 atom stereocenters. The summed E-state index contributed by atoms with van der Waals surface area (Å²) in [6.45, 7) is 3.14. The highest BCUT2D eigenvalue weighted by molar-refractivity contribution is 6.31. The SMILES string of the molecule is Cc1ccc(N2CCCC(C(=O)Nc3cc(Cl)ccc3[N+](=O)[O-])C2)nn1. The van der Waals surface area contributed by atoms with Crippen LogP contribution < -0.4 is 10.2 Å². The summed E-state index contributed by atoms with van der Waals surface area (Å²) in [5.41, 5.74) is 0.757. The fourth-order valence-electron chi connectivity index (χ4n) is 2.96. The van der Waals surface area contributed by atoms with Crippen molar-refractivity contribution in [1.29, 1.82) is 0 Å². The van der Waals surface area contributed by atoms with Gasteiger partial charge in [0.05, 0.1) is 16.5 Å². The van der Waals surface area contributed by atoms with Crippen LogP contribution in [0.2, 0.25) is 5.02 Å². The van der Waals surface area contributed by atoms with Gasteiger partial charge in [-0.3, -0.25) is 14.9 Å². The highest BCUT2D eigenvalue weighted by atomic mass is 35.5. The number of rotatable bonds is 4. The highest BCUT2D eigenvalue weighted by Gasteiger charge is 2.28. The number of nitro benzene ring substituents is 1. The second-order valence-electron chi connectivity index (χ2n) is 6.23. The quantitative estimate of drug-likeness (QED) is 0.650. The monoisotopic (exact) mass is 375 g/mol. The molecule has 0 radical (unpaired) electrons. The molecule has 0 spiro atoms. The van der Waals surface area contributed by atoms with Crippen molar-refractivity contribution in [3.05, 3.63) is 51.2 Å². The maximum atomic E-state index is 12.6. The molecule has 1 aromatic heterocycles. The lowest BCUT2D eigenvalue weighted by atomic mass is 9.97. The number of benzene rings is 1. The molecule has 0 aliphatic carbocycles. The fourth-order valence-corrected chi connectivity index (χ4v) is 3.13. The van der Waals surface area contributed by atoms with Crippen molar-refractivity contribution in [2.45, 2.75) is 19.8 Å². The van der Waals surface area contributed by atoms with Crippen LogP contribution in [-0.2, 0) is 4.79 Å². The molecular formula is C17H18ClN5O3. The number of aryl methyl sites for hydroxylation is 1. The highest BCUT2D eigenvalue weighted by Crippen LogP contribution is 2.29. The van der Waals surface area contributed by atoms with Gasteiger partial charge in [0.2, 0.25) is 5.91 Å². The van der Waals surface area contributed by atoms with Crippen LogP contribution in [0.4, 0.5) is 17.2 Å². The van der Waals surface area contributed by atoms with Crippen LogP contribution in [0, 0.1) is 23.0 Å². The Morgan fingerprint density at radius 1 is 1.35 bits per heavy atom. The Morgan fingerprint density at radius 3 is 2.85 bits per heavy atom. The van der Waals surface area contributed by atoms with Gasteiger partial charge in [0, 0.05) is 24.2 Å².